The first kappa shape index (κ1) is 9.06. The summed E-state index contributed by atoms with van der Waals surface area (Å²) in [4.78, 5) is 10.7. The summed E-state index contributed by atoms with van der Waals surface area (Å²) >= 11 is 0. The van der Waals surface area contributed by atoms with Crippen molar-refractivity contribution in [3.63, 3.8) is 0 Å². The second-order valence-corrected chi connectivity index (χ2v) is 3.48. The second kappa shape index (κ2) is 3.33. The van der Waals surface area contributed by atoms with E-state index in [9.17, 15) is 4.79 Å². The Hall–Kier alpha value is -1.51. The van der Waals surface area contributed by atoms with E-state index in [4.69, 9.17) is 9.84 Å². The molecule has 0 aliphatic carbocycles. The van der Waals surface area contributed by atoms with E-state index >= 15 is 0 Å². The van der Waals surface area contributed by atoms with Crippen LogP contribution in [-0.4, -0.2) is 17.2 Å². The molecule has 1 aliphatic heterocycles. The zero-order valence-electron chi connectivity index (χ0n) is 7.99. The monoisotopic (exact) mass is 192 g/mol. The summed E-state index contributed by atoms with van der Waals surface area (Å²) in [6.45, 7) is 2.06. The van der Waals surface area contributed by atoms with Gasteiger partial charge >= 0.3 is 5.97 Å². The van der Waals surface area contributed by atoms with Crippen LogP contribution in [0, 0.1) is 0 Å². The molecule has 1 atom stereocenters. The predicted molar refractivity (Wildman–Crippen MR) is 51.8 cm³/mol. The SMILES string of the molecule is CCC1Cc2cc(C(=O)O)ccc2O1. The van der Waals surface area contributed by atoms with Gasteiger partial charge in [-0.05, 0) is 30.2 Å². The fraction of sp³-hybridized carbons (Fsp3) is 0.364. The van der Waals surface area contributed by atoms with Crippen molar-refractivity contribution >= 4 is 5.97 Å². The molecule has 0 bridgehead atoms. The molecular formula is C11H12O3. The lowest BCUT2D eigenvalue weighted by Crippen LogP contribution is -2.10. The molecule has 0 spiro atoms. The highest BCUT2D eigenvalue weighted by Gasteiger charge is 2.22. The van der Waals surface area contributed by atoms with Crippen molar-refractivity contribution in [3.8, 4) is 5.75 Å². The summed E-state index contributed by atoms with van der Waals surface area (Å²) in [5.41, 5.74) is 1.35. The van der Waals surface area contributed by atoms with E-state index in [0.29, 0.717) is 5.56 Å². The molecule has 1 N–H and O–H groups in total. The summed E-state index contributed by atoms with van der Waals surface area (Å²) in [7, 11) is 0. The maximum Gasteiger partial charge on any atom is 0.335 e. The molecule has 0 fully saturated rings. The highest BCUT2D eigenvalue weighted by molar-refractivity contribution is 5.88. The third-order valence-electron chi connectivity index (χ3n) is 2.50. The van der Waals surface area contributed by atoms with Gasteiger partial charge in [0.25, 0.3) is 0 Å². The molecule has 74 valence electrons. The van der Waals surface area contributed by atoms with E-state index in [-0.39, 0.29) is 6.10 Å². The number of rotatable bonds is 2. The maximum absolute atomic E-state index is 10.7. The largest absolute Gasteiger partial charge is 0.490 e. The lowest BCUT2D eigenvalue weighted by Gasteiger charge is -2.05. The van der Waals surface area contributed by atoms with Crippen molar-refractivity contribution in [2.75, 3.05) is 0 Å². The van der Waals surface area contributed by atoms with Crippen molar-refractivity contribution in [2.24, 2.45) is 0 Å². The molecule has 0 saturated carbocycles. The summed E-state index contributed by atoms with van der Waals surface area (Å²) in [5, 5.41) is 8.80. The molecule has 1 aromatic carbocycles. The van der Waals surface area contributed by atoms with Crippen molar-refractivity contribution in [2.45, 2.75) is 25.9 Å². The number of carboxylic acid groups (broad SMARTS) is 1. The lowest BCUT2D eigenvalue weighted by molar-refractivity contribution is 0.0697. The minimum Gasteiger partial charge on any atom is -0.490 e. The van der Waals surface area contributed by atoms with E-state index in [1.807, 2.05) is 0 Å². The van der Waals surface area contributed by atoms with Crippen molar-refractivity contribution < 1.29 is 14.6 Å². The maximum atomic E-state index is 10.7. The molecule has 1 aromatic rings. The van der Waals surface area contributed by atoms with Crippen molar-refractivity contribution in [3.05, 3.63) is 29.3 Å². The van der Waals surface area contributed by atoms with E-state index < -0.39 is 5.97 Å². The topological polar surface area (TPSA) is 46.5 Å². The van der Waals surface area contributed by atoms with Crippen LogP contribution in [0.3, 0.4) is 0 Å². The number of hydrogen-bond acceptors (Lipinski definition) is 2. The molecule has 2 rings (SSSR count). The highest BCUT2D eigenvalue weighted by Crippen LogP contribution is 2.30. The standard InChI is InChI=1S/C11H12O3/c1-2-9-6-8-5-7(11(12)13)3-4-10(8)14-9/h3-5,9H,2,6H2,1H3,(H,12,13). The summed E-state index contributed by atoms with van der Waals surface area (Å²) in [6.07, 6.45) is 2.00. The average Bonchev–Trinajstić information content (AvgIpc) is 2.58. The van der Waals surface area contributed by atoms with Crippen LogP contribution >= 0.6 is 0 Å². The van der Waals surface area contributed by atoms with E-state index in [1.54, 1.807) is 18.2 Å². The van der Waals surface area contributed by atoms with Gasteiger partial charge in [0.05, 0.1) is 5.56 Å². The molecule has 1 unspecified atom stereocenters. The molecule has 3 heteroatoms. The third-order valence-corrected chi connectivity index (χ3v) is 2.50. The van der Waals surface area contributed by atoms with Gasteiger partial charge in [-0.25, -0.2) is 4.79 Å². The first-order valence-corrected chi connectivity index (χ1v) is 4.73. The number of benzene rings is 1. The summed E-state index contributed by atoms with van der Waals surface area (Å²) < 4.78 is 5.60. The van der Waals surface area contributed by atoms with Crippen molar-refractivity contribution in [1.29, 1.82) is 0 Å². The Morgan fingerprint density at radius 2 is 2.43 bits per heavy atom. The molecule has 1 heterocycles. The minimum absolute atomic E-state index is 0.217. The van der Waals surface area contributed by atoms with Crippen LogP contribution in [0.5, 0.6) is 5.75 Å². The number of aromatic carboxylic acids is 1. The molecule has 1 aliphatic rings. The van der Waals surface area contributed by atoms with E-state index in [1.165, 1.54) is 0 Å². The molecule has 0 radical (unpaired) electrons. The quantitative estimate of drug-likeness (QED) is 0.780. The Morgan fingerprint density at radius 1 is 1.64 bits per heavy atom. The van der Waals surface area contributed by atoms with Gasteiger partial charge in [-0.2, -0.15) is 0 Å². The zero-order chi connectivity index (χ0) is 10.1. The highest BCUT2D eigenvalue weighted by atomic mass is 16.5. The van der Waals surface area contributed by atoms with Crippen LogP contribution in [0.1, 0.15) is 29.3 Å². The van der Waals surface area contributed by atoms with Crippen LogP contribution in [0.15, 0.2) is 18.2 Å². The first-order valence-electron chi connectivity index (χ1n) is 4.73. The van der Waals surface area contributed by atoms with E-state index in [0.717, 1.165) is 24.2 Å². The molecular weight excluding hydrogens is 180 g/mol. The molecule has 14 heavy (non-hydrogen) atoms. The number of fused-ring (bicyclic) bond motifs is 1. The normalized spacial score (nSPS) is 18.8. The Kier molecular flexibility index (Phi) is 2.15. The van der Waals surface area contributed by atoms with Crippen LogP contribution in [0.4, 0.5) is 0 Å². The van der Waals surface area contributed by atoms with Gasteiger partial charge in [0, 0.05) is 6.42 Å². The Bertz CT molecular complexity index is 371. The number of hydrogen-bond donors (Lipinski definition) is 1. The predicted octanol–water partition coefficient (Wildman–Crippen LogP) is 2.10. The van der Waals surface area contributed by atoms with Gasteiger partial charge in [-0.15, -0.1) is 0 Å². The number of ether oxygens (including phenoxy) is 1. The molecule has 0 aromatic heterocycles. The van der Waals surface area contributed by atoms with Crippen LogP contribution in [0.25, 0.3) is 0 Å². The van der Waals surface area contributed by atoms with Gasteiger partial charge in [0.2, 0.25) is 0 Å². The summed E-state index contributed by atoms with van der Waals surface area (Å²) in [5.74, 6) is -0.0467. The molecule has 0 saturated heterocycles. The van der Waals surface area contributed by atoms with Gasteiger partial charge in [0.15, 0.2) is 0 Å². The Morgan fingerprint density at radius 3 is 3.07 bits per heavy atom. The third kappa shape index (κ3) is 1.45. The average molecular weight is 192 g/mol. The molecule has 3 nitrogen and oxygen atoms in total. The fourth-order valence-corrected chi connectivity index (χ4v) is 1.68. The Labute approximate surface area is 82.3 Å². The van der Waals surface area contributed by atoms with Gasteiger partial charge in [-0.3, -0.25) is 0 Å². The summed E-state index contributed by atoms with van der Waals surface area (Å²) in [6, 6.07) is 5.03. The van der Waals surface area contributed by atoms with Gasteiger partial charge in [-0.1, -0.05) is 6.92 Å². The number of carboxylic acids is 1. The second-order valence-electron chi connectivity index (χ2n) is 3.48. The number of carbonyl (C=O) groups is 1. The zero-order valence-corrected chi connectivity index (χ0v) is 7.99. The van der Waals surface area contributed by atoms with Crippen molar-refractivity contribution in [1.82, 2.24) is 0 Å². The van der Waals surface area contributed by atoms with Crippen LogP contribution in [-0.2, 0) is 6.42 Å². The smallest absolute Gasteiger partial charge is 0.335 e. The van der Waals surface area contributed by atoms with Gasteiger partial charge < -0.3 is 9.84 Å². The first-order chi connectivity index (χ1) is 6.70. The molecule has 0 amide bonds. The van der Waals surface area contributed by atoms with Crippen LogP contribution < -0.4 is 4.74 Å². The Balaban J connectivity index is 2.31. The van der Waals surface area contributed by atoms with E-state index in [2.05, 4.69) is 6.92 Å². The minimum atomic E-state index is -0.882. The lowest BCUT2D eigenvalue weighted by atomic mass is 10.1. The van der Waals surface area contributed by atoms with Crippen LogP contribution in [0.2, 0.25) is 0 Å². The fourth-order valence-electron chi connectivity index (χ4n) is 1.68. The van der Waals surface area contributed by atoms with Gasteiger partial charge in [0.1, 0.15) is 11.9 Å².